The van der Waals surface area contributed by atoms with E-state index < -0.39 is 17.8 Å². The number of anilines is 1. The summed E-state index contributed by atoms with van der Waals surface area (Å²) in [5.41, 5.74) is 2.12. The highest BCUT2D eigenvalue weighted by molar-refractivity contribution is 5.86. The summed E-state index contributed by atoms with van der Waals surface area (Å²) < 4.78 is 12.4. The summed E-state index contributed by atoms with van der Waals surface area (Å²) in [6.45, 7) is 13.7. The maximum Gasteiger partial charge on any atom is 0.517 e. The molecule has 3 atom stereocenters. The van der Waals surface area contributed by atoms with Gasteiger partial charge in [0.15, 0.2) is 5.82 Å². The molecule has 192 valence electrons. The summed E-state index contributed by atoms with van der Waals surface area (Å²) >= 11 is 0. The molecule has 4 rings (SSSR count). The molecule has 0 radical (unpaired) electrons. The van der Waals surface area contributed by atoms with Crippen molar-refractivity contribution >= 4 is 29.1 Å². The van der Waals surface area contributed by atoms with E-state index in [-0.39, 0.29) is 18.0 Å². The molecule has 2 aliphatic rings. The molecule has 0 spiro atoms. The number of aryl methyl sites for hydroxylation is 1. The highest BCUT2D eigenvalue weighted by Crippen LogP contribution is 2.31. The van der Waals surface area contributed by atoms with Crippen LogP contribution >= 0.6 is 0 Å². The number of piperidine rings is 1. The van der Waals surface area contributed by atoms with E-state index in [0.717, 1.165) is 48.5 Å². The van der Waals surface area contributed by atoms with Gasteiger partial charge in [0.2, 0.25) is 0 Å². The molecule has 0 saturated carbocycles. The summed E-state index contributed by atoms with van der Waals surface area (Å²) in [6, 6.07) is 2.43. The number of imidazole rings is 1. The van der Waals surface area contributed by atoms with Gasteiger partial charge in [-0.3, -0.25) is 0 Å². The molecule has 2 aromatic heterocycles. The van der Waals surface area contributed by atoms with E-state index in [1.54, 1.807) is 25.7 Å². The third-order valence-corrected chi connectivity index (χ3v) is 6.67. The van der Waals surface area contributed by atoms with Crippen LogP contribution in [0.5, 0.6) is 0 Å². The first kappa shape index (κ1) is 25.2. The topological polar surface area (TPSA) is 111 Å². The Morgan fingerprint density at radius 3 is 2.69 bits per heavy atom. The molecule has 3 unspecified atom stereocenters. The number of hydrogen-bond acceptors (Lipinski definition) is 8. The van der Waals surface area contributed by atoms with Gasteiger partial charge in [0.05, 0.1) is 11.8 Å². The van der Waals surface area contributed by atoms with Crippen LogP contribution in [-0.4, -0.2) is 69.0 Å². The Balaban J connectivity index is 1.51. The second-order valence-corrected chi connectivity index (χ2v) is 10.9. The molecule has 1 amide bonds. The number of amides is 1. The van der Waals surface area contributed by atoms with Crippen LogP contribution < -0.4 is 10.6 Å². The van der Waals surface area contributed by atoms with Gasteiger partial charge in [-0.15, -0.1) is 0 Å². The molecule has 10 heteroatoms. The number of carbonyl (C=O) groups excluding carboxylic acids is 2. The van der Waals surface area contributed by atoms with E-state index in [4.69, 9.17) is 14.5 Å². The number of hydrogen-bond donors (Lipinski definition) is 2. The SMILES string of the molecule is Cc1cc2c(ncn2C(C)C)c(NC2CCN(C(=O)OC(=O)OC(C)(C)C)C(C3CCNC3)C2)n1. The molecule has 0 aliphatic carbocycles. The fraction of sp³-hybridized carbons (Fsp3) is 0.680. The van der Waals surface area contributed by atoms with Crippen molar-refractivity contribution in [2.45, 2.75) is 84.5 Å². The quantitative estimate of drug-likeness (QED) is 0.488. The average molecular weight is 487 g/mol. The minimum absolute atomic E-state index is 0.0558. The number of carbonyl (C=O) groups is 2. The van der Waals surface area contributed by atoms with Crippen molar-refractivity contribution in [3.05, 3.63) is 18.1 Å². The van der Waals surface area contributed by atoms with E-state index >= 15 is 0 Å². The Bertz CT molecular complexity index is 1070. The van der Waals surface area contributed by atoms with Crippen LogP contribution in [0.2, 0.25) is 0 Å². The van der Waals surface area contributed by atoms with Gasteiger partial charge in [0, 0.05) is 30.4 Å². The molecule has 0 aromatic carbocycles. The minimum atomic E-state index is -0.960. The van der Waals surface area contributed by atoms with Gasteiger partial charge in [-0.25, -0.2) is 19.6 Å². The number of likely N-dealkylation sites (tertiary alicyclic amines) is 1. The highest BCUT2D eigenvalue weighted by atomic mass is 16.8. The van der Waals surface area contributed by atoms with Gasteiger partial charge in [-0.2, -0.15) is 0 Å². The summed E-state index contributed by atoms with van der Waals surface area (Å²) in [5.74, 6) is 1.06. The molecule has 2 saturated heterocycles. The van der Waals surface area contributed by atoms with Crippen LogP contribution in [0.25, 0.3) is 11.0 Å². The smallest absolute Gasteiger partial charge is 0.428 e. The van der Waals surface area contributed by atoms with Gasteiger partial charge in [0.1, 0.15) is 11.1 Å². The predicted octanol–water partition coefficient (Wildman–Crippen LogP) is 4.25. The first-order valence-corrected chi connectivity index (χ1v) is 12.5. The van der Waals surface area contributed by atoms with E-state index in [1.807, 2.05) is 13.3 Å². The van der Waals surface area contributed by atoms with Crippen LogP contribution in [0.3, 0.4) is 0 Å². The minimum Gasteiger partial charge on any atom is -0.428 e. The zero-order chi connectivity index (χ0) is 25.3. The molecule has 4 heterocycles. The Morgan fingerprint density at radius 1 is 1.26 bits per heavy atom. The Morgan fingerprint density at radius 2 is 2.03 bits per heavy atom. The first-order valence-electron chi connectivity index (χ1n) is 12.5. The number of rotatable bonds is 4. The van der Waals surface area contributed by atoms with E-state index in [1.165, 1.54) is 0 Å². The molecule has 2 aliphatic heterocycles. The maximum atomic E-state index is 12.9. The molecule has 2 aromatic rings. The van der Waals surface area contributed by atoms with Crippen molar-refractivity contribution in [2.75, 3.05) is 25.0 Å². The highest BCUT2D eigenvalue weighted by Gasteiger charge is 2.39. The largest absolute Gasteiger partial charge is 0.517 e. The van der Waals surface area contributed by atoms with Crippen LogP contribution in [0.15, 0.2) is 12.4 Å². The molecule has 35 heavy (non-hydrogen) atoms. The number of ether oxygens (including phenoxy) is 2. The normalized spacial score (nSPS) is 23.1. The lowest BCUT2D eigenvalue weighted by atomic mass is 9.87. The number of nitrogens with zero attached hydrogens (tertiary/aromatic N) is 4. The second kappa shape index (κ2) is 10.0. The number of nitrogens with one attached hydrogen (secondary N) is 2. The summed E-state index contributed by atoms with van der Waals surface area (Å²) in [4.78, 5) is 36.2. The third-order valence-electron chi connectivity index (χ3n) is 6.67. The zero-order valence-electron chi connectivity index (χ0n) is 21.6. The maximum absolute atomic E-state index is 12.9. The van der Waals surface area contributed by atoms with E-state index in [2.05, 4.69) is 40.1 Å². The van der Waals surface area contributed by atoms with Crippen molar-refractivity contribution in [3.63, 3.8) is 0 Å². The molecule has 10 nitrogen and oxygen atoms in total. The van der Waals surface area contributed by atoms with Crippen LogP contribution in [0, 0.1) is 12.8 Å². The van der Waals surface area contributed by atoms with Gasteiger partial charge in [-0.1, -0.05) is 0 Å². The monoisotopic (exact) mass is 486 g/mol. The molecule has 2 fully saturated rings. The van der Waals surface area contributed by atoms with Gasteiger partial charge >= 0.3 is 12.2 Å². The fourth-order valence-corrected chi connectivity index (χ4v) is 5.07. The van der Waals surface area contributed by atoms with Crippen LogP contribution in [-0.2, 0) is 9.47 Å². The first-order chi connectivity index (χ1) is 16.5. The van der Waals surface area contributed by atoms with Gasteiger partial charge < -0.3 is 29.6 Å². The van der Waals surface area contributed by atoms with E-state index in [0.29, 0.717) is 19.0 Å². The molecular weight excluding hydrogens is 448 g/mol. The summed E-state index contributed by atoms with van der Waals surface area (Å²) in [5, 5.41) is 7.02. The number of pyridine rings is 1. The van der Waals surface area contributed by atoms with Crippen molar-refractivity contribution < 1.29 is 19.1 Å². The molecule has 0 bridgehead atoms. The second-order valence-electron chi connectivity index (χ2n) is 10.9. The Labute approximate surface area is 206 Å². The third kappa shape index (κ3) is 5.86. The number of aromatic nitrogens is 3. The van der Waals surface area contributed by atoms with E-state index in [9.17, 15) is 9.59 Å². The molecular formula is C25H38N6O4. The van der Waals surface area contributed by atoms with Crippen molar-refractivity contribution in [1.82, 2.24) is 24.8 Å². The number of fused-ring (bicyclic) bond motifs is 1. The standard InChI is InChI=1S/C25H38N6O4/c1-15(2)31-14-27-21-20(31)11-16(3)28-22(21)29-18-8-10-30(19(12-18)17-7-9-26-13-17)23(32)34-24(33)35-25(4,5)6/h11,14-15,17-19,26H,7-10,12-13H2,1-6H3,(H,28,29). The summed E-state index contributed by atoms with van der Waals surface area (Å²) in [6.07, 6.45) is 2.68. The predicted molar refractivity (Wildman–Crippen MR) is 133 cm³/mol. The lowest BCUT2D eigenvalue weighted by molar-refractivity contribution is -0.00418. The van der Waals surface area contributed by atoms with Crippen molar-refractivity contribution in [2.24, 2.45) is 5.92 Å². The Kier molecular flexibility index (Phi) is 7.21. The summed E-state index contributed by atoms with van der Waals surface area (Å²) in [7, 11) is 0. The lowest BCUT2D eigenvalue weighted by Gasteiger charge is -2.41. The Hall–Kier alpha value is -2.88. The van der Waals surface area contributed by atoms with Crippen LogP contribution in [0.1, 0.15) is 65.6 Å². The van der Waals surface area contributed by atoms with Gasteiger partial charge in [-0.05, 0) is 85.9 Å². The fourth-order valence-electron chi connectivity index (χ4n) is 5.07. The zero-order valence-corrected chi connectivity index (χ0v) is 21.6. The molecule has 2 N–H and O–H groups in total. The average Bonchev–Trinajstić information content (AvgIpc) is 3.42. The lowest BCUT2D eigenvalue weighted by Crippen LogP contribution is -2.53. The van der Waals surface area contributed by atoms with Crippen molar-refractivity contribution in [3.8, 4) is 0 Å². The van der Waals surface area contributed by atoms with Crippen molar-refractivity contribution in [1.29, 1.82) is 0 Å². The van der Waals surface area contributed by atoms with Gasteiger partial charge in [0.25, 0.3) is 0 Å². The van der Waals surface area contributed by atoms with Crippen LogP contribution in [0.4, 0.5) is 15.4 Å².